The van der Waals surface area contributed by atoms with Gasteiger partial charge in [0.2, 0.25) is 0 Å². The Morgan fingerprint density at radius 1 is 1.20 bits per heavy atom. The molecule has 1 aromatic rings. The monoisotopic (exact) mass is 205 g/mol. The molecule has 0 bridgehead atoms. The highest BCUT2D eigenvalue weighted by atomic mass is 15.2. The third-order valence-electron chi connectivity index (χ3n) is 2.97. The van der Waals surface area contributed by atoms with Gasteiger partial charge in [-0.1, -0.05) is 6.07 Å². The highest BCUT2D eigenvalue weighted by molar-refractivity contribution is 5.13. The van der Waals surface area contributed by atoms with Gasteiger partial charge >= 0.3 is 0 Å². The molecule has 0 atom stereocenters. The molecular weight excluding hydrogens is 186 g/mol. The molecular formula is C12H19N3. The van der Waals surface area contributed by atoms with Crippen molar-refractivity contribution < 1.29 is 0 Å². The van der Waals surface area contributed by atoms with E-state index < -0.39 is 0 Å². The molecule has 1 saturated heterocycles. The van der Waals surface area contributed by atoms with Crippen molar-refractivity contribution in [1.82, 2.24) is 14.8 Å². The van der Waals surface area contributed by atoms with Crippen LogP contribution in [0, 0.1) is 6.92 Å². The second-order valence-electron chi connectivity index (χ2n) is 4.39. The third-order valence-corrected chi connectivity index (χ3v) is 2.97. The minimum Gasteiger partial charge on any atom is -0.304 e. The van der Waals surface area contributed by atoms with E-state index in [4.69, 9.17) is 0 Å². The van der Waals surface area contributed by atoms with E-state index in [1.54, 1.807) is 0 Å². The smallest absolute Gasteiger partial charge is 0.0372 e. The number of aromatic nitrogens is 1. The molecule has 0 radical (unpaired) electrons. The van der Waals surface area contributed by atoms with Gasteiger partial charge in [-0.25, -0.2) is 0 Å². The molecule has 1 aliphatic rings. The molecule has 2 heterocycles. The van der Waals surface area contributed by atoms with Gasteiger partial charge < -0.3 is 4.90 Å². The normalized spacial score (nSPS) is 19.3. The minimum absolute atomic E-state index is 1.04. The molecule has 0 amide bonds. The van der Waals surface area contributed by atoms with E-state index in [2.05, 4.69) is 34.0 Å². The average molecular weight is 205 g/mol. The Morgan fingerprint density at radius 3 is 2.53 bits per heavy atom. The first-order valence-electron chi connectivity index (χ1n) is 5.56. The highest BCUT2D eigenvalue weighted by Gasteiger charge is 2.13. The highest BCUT2D eigenvalue weighted by Crippen LogP contribution is 2.07. The molecule has 82 valence electrons. The zero-order chi connectivity index (χ0) is 10.7. The van der Waals surface area contributed by atoms with Gasteiger partial charge in [-0.15, -0.1) is 0 Å². The number of piperazine rings is 1. The van der Waals surface area contributed by atoms with Crippen LogP contribution in [0.15, 0.2) is 18.3 Å². The Labute approximate surface area is 91.7 Å². The first-order valence-corrected chi connectivity index (χ1v) is 5.56. The summed E-state index contributed by atoms with van der Waals surface area (Å²) >= 11 is 0. The Balaban J connectivity index is 1.89. The maximum atomic E-state index is 4.32. The molecule has 3 nitrogen and oxygen atoms in total. The standard InChI is InChI=1S/C12H19N3/c1-11-3-4-12(9-13-11)10-15-7-5-14(2)6-8-15/h3-4,9H,5-8,10H2,1-2H3. The molecule has 3 heteroatoms. The fraction of sp³-hybridized carbons (Fsp3) is 0.583. The van der Waals surface area contributed by atoms with Crippen molar-refractivity contribution in [2.45, 2.75) is 13.5 Å². The average Bonchev–Trinajstić information content (AvgIpc) is 2.25. The summed E-state index contributed by atoms with van der Waals surface area (Å²) in [6.07, 6.45) is 1.99. The number of aryl methyl sites for hydroxylation is 1. The molecule has 0 unspecified atom stereocenters. The van der Waals surface area contributed by atoms with Crippen molar-refractivity contribution >= 4 is 0 Å². The predicted molar refractivity (Wildman–Crippen MR) is 61.7 cm³/mol. The summed E-state index contributed by atoms with van der Waals surface area (Å²) in [4.78, 5) is 9.19. The summed E-state index contributed by atoms with van der Waals surface area (Å²) in [5, 5.41) is 0. The van der Waals surface area contributed by atoms with E-state index in [-0.39, 0.29) is 0 Å². The summed E-state index contributed by atoms with van der Waals surface area (Å²) < 4.78 is 0. The van der Waals surface area contributed by atoms with Gasteiger partial charge in [-0.05, 0) is 25.6 Å². The quantitative estimate of drug-likeness (QED) is 0.721. The van der Waals surface area contributed by atoms with Gasteiger partial charge in [0.25, 0.3) is 0 Å². The van der Waals surface area contributed by atoms with E-state index in [9.17, 15) is 0 Å². The Morgan fingerprint density at radius 2 is 1.93 bits per heavy atom. The summed E-state index contributed by atoms with van der Waals surface area (Å²) in [6, 6.07) is 4.27. The zero-order valence-electron chi connectivity index (χ0n) is 9.61. The van der Waals surface area contributed by atoms with E-state index in [1.165, 1.54) is 31.7 Å². The Hall–Kier alpha value is -0.930. The van der Waals surface area contributed by atoms with Crippen LogP contribution in [0.3, 0.4) is 0 Å². The SMILES string of the molecule is Cc1ccc(CN2CCN(C)CC2)cn1. The molecule has 1 aliphatic heterocycles. The van der Waals surface area contributed by atoms with Crippen LogP contribution in [0.5, 0.6) is 0 Å². The van der Waals surface area contributed by atoms with Gasteiger partial charge in [0.05, 0.1) is 0 Å². The van der Waals surface area contributed by atoms with Crippen LogP contribution in [0.1, 0.15) is 11.3 Å². The molecule has 0 spiro atoms. The second kappa shape index (κ2) is 4.73. The van der Waals surface area contributed by atoms with Gasteiger partial charge in [0.1, 0.15) is 0 Å². The van der Waals surface area contributed by atoms with Crippen molar-refractivity contribution in [2.24, 2.45) is 0 Å². The lowest BCUT2D eigenvalue weighted by molar-refractivity contribution is 0.148. The van der Waals surface area contributed by atoms with Gasteiger partial charge in [-0.3, -0.25) is 9.88 Å². The first-order chi connectivity index (χ1) is 7.24. The number of rotatable bonds is 2. The number of likely N-dealkylation sites (N-methyl/N-ethyl adjacent to an activating group) is 1. The van der Waals surface area contributed by atoms with Crippen LogP contribution in [0.25, 0.3) is 0 Å². The van der Waals surface area contributed by atoms with Crippen LogP contribution in [-0.4, -0.2) is 48.0 Å². The zero-order valence-corrected chi connectivity index (χ0v) is 9.61. The van der Waals surface area contributed by atoms with Gasteiger partial charge in [0, 0.05) is 44.6 Å². The van der Waals surface area contributed by atoms with E-state index >= 15 is 0 Å². The van der Waals surface area contributed by atoms with Gasteiger partial charge in [0.15, 0.2) is 0 Å². The topological polar surface area (TPSA) is 19.4 Å². The largest absolute Gasteiger partial charge is 0.304 e. The Kier molecular flexibility index (Phi) is 3.34. The van der Waals surface area contributed by atoms with Crippen LogP contribution < -0.4 is 0 Å². The minimum atomic E-state index is 1.04. The van der Waals surface area contributed by atoms with E-state index in [0.29, 0.717) is 0 Å². The van der Waals surface area contributed by atoms with E-state index in [0.717, 1.165) is 12.2 Å². The van der Waals surface area contributed by atoms with Crippen molar-refractivity contribution in [3.05, 3.63) is 29.6 Å². The lowest BCUT2D eigenvalue weighted by Gasteiger charge is -2.32. The molecule has 1 fully saturated rings. The van der Waals surface area contributed by atoms with Crippen LogP contribution in [0.2, 0.25) is 0 Å². The maximum Gasteiger partial charge on any atom is 0.0372 e. The third kappa shape index (κ3) is 3.01. The molecule has 0 saturated carbocycles. The molecule has 0 aromatic carbocycles. The summed E-state index contributed by atoms with van der Waals surface area (Å²) in [6.45, 7) is 7.77. The van der Waals surface area contributed by atoms with Crippen molar-refractivity contribution in [2.75, 3.05) is 33.2 Å². The molecule has 0 aliphatic carbocycles. The van der Waals surface area contributed by atoms with Crippen LogP contribution in [-0.2, 0) is 6.54 Å². The second-order valence-corrected chi connectivity index (χ2v) is 4.39. The maximum absolute atomic E-state index is 4.32. The van der Waals surface area contributed by atoms with E-state index in [1.807, 2.05) is 13.1 Å². The lowest BCUT2D eigenvalue weighted by Crippen LogP contribution is -2.43. The number of hydrogen-bond donors (Lipinski definition) is 0. The summed E-state index contributed by atoms with van der Waals surface area (Å²) in [5.41, 5.74) is 2.42. The predicted octanol–water partition coefficient (Wildman–Crippen LogP) is 1.14. The molecule has 0 N–H and O–H groups in total. The number of hydrogen-bond acceptors (Lipinski definition) is 3. The fourth-order valence-corrected chi connectivity index (χ4v) is 1.86. The van der Waals surface area contributed by atoms with Crippen molar-refractivity contribution in [1.29, 1.82) is 0 Å². The number of pyridine rings is 1. The first kappa shape index (κ1) is 10.6. The van der Waals surface area contributed by atoms with Crippen molar-refractivity contribution in [3.8, 4) is 0 Å². The van der Waals surface area contributed by atoms with Crippen LogP contribution in [0.4, 0.5) is 0 Å². The molecule has 1 aromatic heterocycles. The molecule has 2 rings (SSSR count). The number of nitrogens with zero attached hydrogens (tertiary/aromatic N) is 3. The summed E-state index contributed by atoms with van der Waals surface area (Å²) in [7, 11) is 2.19. The lowest BCUT2D eigenvalue weighted by atomic mass is 10.2. The molecule has 15 heavy (non-hydrogen) atoms. The van der Waals surface area contributed by atoms with Crippen molar-refractivity contribution in [3.63, 3.8) is 0 Å². The Bertz CT molecular complexity index is 299. The van der Waals surface area contributed by atoms with Gasteiger partial charge in [-0.2, -0.15) is 0 Å². The summed E-state index contributed by atoms with van der Waals surface area (Å²) in [5.74, 6) is 0. The van der Waals surface area contributed by atoms with Crippen LogP contribution >= 0.6 is 0 Å². The fourth-order valence-electron chi connectivity index (χ4n) is 1.86.